The van der Waals surface area contributed by atoms with Crippen LogP contribution in [0.15, 0.2) is 42.5 Å². The zero-order valence-electron chi connectivity index (χ0n) is 14.5. The number of alkyl halides is 3. The Kier molecular flexibility index (Phi) is 6.27. The second kappa shape index (κ2) is 8.43. The van der Waals surface area contributed by atoms with Crippen LogP contribution in [0.5, 0.6) is 11.5 Å². The highest BCUT2D eigenvalue weighted by atomic mass is 19.4. The second-order valence-electron chi connectivity index (χ2n) is 5.41. The lowest BCUT2D eigenvalue weighted by atomic mass is 10.2. The van der Waals surface area contributed by atoms with E-state index in [1.165, 1.54) is 20.3 Å². The van der Waals surface area contributed by atoms with Crippen LogP contribution >= 0.6 is 0 Å². The van der Waals surface area contributed by atoms with Crippen molar-refractivity contribution in [3.05, 3.63) is 48.0 Å². The molecule has 9 heteroatoms. The number of hydrogen-bond acceptors (Lipinski definition) is 4. The number of methoxy groups -OCH3 is 2. The highest BCUT2D eigenvalue weighted by molar-refractivity contribution is 6.08. The molecule has 0 aliphatic rings. The highest BCUT2D eigenvalue weighted by Gasteiger charge is 2.30. The average Bonchev–Trinajstić information content (AvgIpc) is 2.61. The SMILES string of the molecule is COc1ccc(OC)c(NC(=O)CC(=O)Nc2ccc(C(F)(F)F)cc2)c1. The molecule has 0 atom stereocenters. The molecule has 2 aromatic rings. The van der Waals surface area contributed by atoms with Crippen molar-refractivity contribution in [2.75, 3.05) is 24.9 Å². The molecule has 0 heterocycles. The molecule has 0 bridgehead atoms. The van der Waals surface area contributed by atoms with Gasteiger partial charge in [-0.25, -0.2) is 0 Å². The second-order valence-corrected chi connectivity index (χ2v) is 5.41. The number of carbonyl (C=O) groups excluding carboxylic acids is 2. The zero-order valence-corrected chi connectivity index (χ0v) is 14.5. The third-order valence-corrected chi connectivity index (χ3v) is 3.50. The lowest BCUT2D eigenvalue weighted by Crippen LogP contribution is -2.21. The van der Waals surface area contributed by atoms with E-state index in [1.807, 2.05) is 0 Å². The molecule has 0 saturated carbocycles. The van der Waals surface area contributed by atoms with Gasteiger partial charge in [0.15, 0.2) is 0 Å². The van der Waals surface area contributed by atoms with E-state index in [4.69, 9.17) is 9.47 Å². The van der Waals surface area contributed by atoms with Crippen LogP contribution in [0.2, 0.25) is 0 Å². The fourth-order valence-electron chi connectivity index (χ4n) is 2.20. The number of benzene rings is 2. The van der Waals surface area contributed by atoms with Gasteiger partial charge in [-0.3, -0.25) is 9.59 Å². The topological polar surface area (TPSA) is 76.7 Å². The molecular weight excluding hydrogens is 365 g/mol. The summed E-state index contributed by atoms with van der Waals surface area (Å²) < 4.78 is 47.7. The minimum absolute atomic E-state index is 0.153. The van der Waals surface area contributed by atoms with Gasteiger partial charge in [-0.05, 0) is 36.4 Å². The Labute approximate surface area is 153 Å². The van der Waals surface area contributed by atoms with Crippen LogP contribution in [-0.4, -0.2) is 26.0 Å². The molecule has 0 saturated heterocycles. The summed E-state index contributed by atoms with van der Waals surface area (Å²) in [5, 5.41) is 4.89. The van der Waals surface area contributed by atoms with Crippen LogP contribution in [0.4, 0.5) is 24.5 Å². The fraction of sp³-hybridized carbons (Fsp3) is 0.222. The lowest BCUT2D eigenvalue weighted by Gasteiger charge is -2.12. The summed E-state index contributed by atoms with van der Waals surface area (Å²) in [6.45, 7) is 0. The van der Waals surface area contributed by atoms with Crippen molar-refractivity contribution in [3.63, 3.8) is 0 Å². The number of rotatable bonds is 6. The molecule has 0 fully saturated rings. The lowest BCUT2D eigenvalue weighted by molar-refractivity contribution is -0.137. The van der Waals surface area contributed by atoms with Crippen LogP contribution in [0, 0.1) is 0 Å². The average molecular weight is 382 g/mol. The molecule has 0 aromatic heterocycles. The van der Waals surface area contributed by atoms with Crippen LogP contribution in [0.25, 0.3) is 0 Å². The molecule has 2 amide bonds. The van der Waals surface area contributed by atoms with Crippen LogP contribution in [0.1, 0.15) is 12.0 Å². The quantitative estimate of drug-likeness (QED) is 0.747. The van der Waals surface area contributed by atoms with Gasteiger partial charge in [0.1, 0.15) is 17.9 Å². The van der Waals surface area contributed by atoms with E-state index in [-0.39, 0.29) is 5.69 Å². The summed E-state index contributed by atoms with van der Waals surface area (Å²) in [6.07, 6.45) is -4.99. The Morgan fingerprint density at radius 2 is 1.56 bits per heavy atom. The minimum atomic E-state index is -4.46. The van der Waals surface area contributed by atoms with E-state index in [0.29, 0.717) is 17.2 Å². The molecule has 0 radical (unpaired) electrons. The van der Waals surface area contributed by atoms with Crippen LogP contribution in [0.3, 0.4) is 0 Å². The normalized spacial score (nSPS) is 10.9. The molecule has 2 aromatic carbocycles. The number of anilines is 2. The van der Waals surface area contributed by atoms with Gasteiger partial charge in [-0.1, -0.05) is 0 Å². The van der Waals surface area contributed by atoms with Gasteiger partial charge in [0.25, 0.3) is 0 Å². The number of ether oxygens (including phenoxy) is 2. The van der Waals surface area contributed by atoms with Crippen molar-refractivity contribution < 1.29 is 32.2 Å². The molecule has 0 unspecified atom stereocenters. The fourth-order valence-corrected chi connectivity index (χ4v) is 2.20. The van der Waals surface area contributed by atoms with Gasteiger partial charge < -0.3 is 20.1 Å². The first-order chi connectivity index (χ1) is 12.7. The smallest absolute Gasteiger partial charge is 0.416 e. The number of carbonyl (C=O) groups is 2. The van der Waals surface area contributed by atoms with Gasteiger partial charge in [0, 0.05) is 11.8 Å². The van der Waals surface area contributed by atoms with E-state index >= 15 is 0 Å². The minimum Gasteiger partial charge on any atom is -0.497 e. The Bertz CT molecular complexity index is 820. The number of halogens is 3. The van der Waals surface area contributed by atoms with Gasteiger partial charge in [-0.15, -0.1) is 0 Å². The van der Waals surface area contributed by atoms with E-state index in [0.717, 1.165) is 24.3 Å². The summed E-state index contributed by atoms with van der Waals surface area (Å²) in [7, 11) is 2.89. The molecule has 6 nitrogen and oxygen atoms in total. The molecular formula is C18H17F3N2O4. The molecule has 0 aliphatic heterocycles. The Morgan fingerprint density at radius 3 is 2.11 bits per heavy atom. The third kappa shape index (κ3) is 5.63. The van der Waals surface area contributed by atoms with E-state index in [1.54, 1.807) is 12.1 Å². The largest absolute Gasteiger partial charge is 0.497 e. The first-order valence-electron chi connectivity index (χ1n) is 7.72. The summed E-state index contributed by atoms with van der Waals surface area (Å²) in [5.74, 6) is -0.423. The van der Waals surface area contributed by atoms with Crippen LogP contribution in [-0.2, 0) is 15.8 Å². The number of nitrogens with one attached hydrogen (secondary N) is 2. The first-order valence-corrected chi connectivity index (χ1v) is 7.72. The standard InChI is InChI=1S/C18H17F3N2O4/c1-26-13-7-8-15(27-2)14(9-13)23-17(25)10-16(24)22-12-5-3-11(4-6-12)18(19,20)21/h3-9H,10H2,1-2H3,(H,22,24)(H,23,25). The first kappa shape index (κ1) is 20.1. The van der Waals surface area contributed by atoms with E-state index in [9.17, 15) is 22.8 Å². The predicted octanol–water partition coefficient (Wildman–Crippen LogP) is 3.69. The summed E-state index contributed by atoms with van der Waals surface area (Å²) in [4.78, 5) is 24.0. The summed E-state index contributed by atoms with van der Waals surface area (Å²) >= 11 is 0. The van der Waals surface area contributed by atoms with Gasteiger partial charge in [0.2, 0.25) is 11.8 Å². The van der Waals surface area contributed by atoms with Crippen LogP contribution < -0.4 is 20.1 Å². The molecule has 2 rings (SSSR count). The van der Waals surface area contributed by atoms with Crippen molar-refractivity contribution in [1.29, 1.82) is 0 Å². The highest BCUT2D eigenvalue weighted by Crippen LogP contribution is 2.30. The van der Waals surface area contributed by atoms with Gasteiger partial charge in [-0.2, -0.15) is 13.2 Å². The maximum Gasteiger partial charge on any atom is 0.416 e. The van der Waals surface area contributed by atoms with E-state index in [2.05, 4.69) is 10.6 Å². The molecule has 27 heavy (non-hydrogen) atoms. The van der Waals surface area contributed by atoms with Crippen molar-refractivity contribution >= 4 is 23.2 Å². The Hall–Kier alpha value is -3.23. The summed E-state index contributed by atoms with van der Waals surface area (Å²) in [6, 6.07) is 8.69. The number of amides is 2. The Morgan fingerprint density at radius 1 is 0.926 bits per heavy atom. The maximum atomic E-state index is 12.5. The summed E-state index contributed by atoms with van der Waals surface area (Å²) in [5.41, 5.74) is -0.354. The maximum absolute atomic E-state index is 12.5. The monoisotopic (exact) mass is 382 g/mol. The Balaban J connectivity index is 1.97. The molecule has 2 N–H and O–H groups in total. The van der Waals surface area contributed by atoms with Crippen molar-refractivity contribution in [2.45, 2.75) is 12.6 Å². The molecule has 0 aliphatic carbocycles. The predicted molar refractivity (Wildman–Crippen MR) is 92.9 cm³/mol. The van der Waals surface area contributed by atoms with Crippen molar-refractivity contribution in [2.24, 2.45) is 0 Å². The molecule has 144 valence electrons. The number of hydrogen-bond donors (Lipinski definition) is 2. The van der Waals surface area contributed by atoms with Gasteiger partial charge in [0.05, 0.1) is 25.5 Å². The third-order valence-electron chi connectivity index (χ3n) is 3.50. The molecule has 0 spiro atoms. The van der Waals surface area contributed by atoms with Crippen molar-refractivity contribution in [1.82, 2.24) is 0 Å². The van der Waals surface area contributed by atoms with E-state index < -0.39 is 30.0 Å². The van der Waals surface area contributed by atoms with Crippen molar-refractivity contribution in [3.8, 4) is 11.5 Å². The van der Waals surface area contributed by atoms with Gasteiger partial charge >= 0.3 is 6.18 Å². The zero-order chi connectivity index (χ0) is 20.0.